The number of anilines is 1. The Hall–Kier alpha value is -1.13. The topological polar surface area (TPSA) is 37.4 Å². The second-order valence-electron chi connectivity index (χ2n) is 5.65. The average molecular weight is 277 g/mol. The molecule has 1 saturated heterocycles. The molecule has 0 aliphatic carbocycles. The fraction of sp³-hybridized carbons (Fsp3) is 0.688. The Morgan fingerprint density at radius 2 is 2.40 bits per heavy atom. The first-order valence-electron chi connectivity index (χ1n) is 7.68. The minimum absolute atomic E-state index is 0.347. The smallest absolute Gasteiger partial charge is 0.133 e. The van der Waals surface area contributed by atoms with E-state index in [4.69, 9.17) is 4.74 Å². The predicted molar refractivity (Wildman–Crippen MR) is 83.1 cm³/mol. The van der Waals surface area contributed by atoms with Crippen molar-refractivity contribution < 1.29 is 4.74 Å². The standard InChI is InChI=1S/C16H27N3O/c1-4-8-17-13(2)15-6-5-9-18-16(15)19-10-7-14(11-19)12-20-3/h5-6,9,13-14,17H,4,7-8,10-12H2,1-3H3. The summed E-state index contributed by atoms with van der Waals surface area (Å²) in [5, 5.41) is 3.56. The minimum Gasteiger partial charge on any atom is -0.384 e. The number of hydrogen-bond donors (Lipinski definition) is 1. The SMILES string of the molecule is CCCNC(C)c1cccnc1N1CCC(COC)C1. The van der Waals surface area contributed by atoms with E-state index in [1.807, 2.05) is 12.3 Å². The number of pyridine rings is 1. The van der Waals surface area contributed by atoms with Crippen LogP contribution < -0.4 is 10.2 Å². The van der Waals surface area contributed by atoms with E-state index in [0.29, 0.717) is 12.0 Å². The molecule has 4 heteroatoms. The van der Waals surface area contributed by atoms with Crippen LogP contribution in [0.3, 0.4) is 0 Å². The molecular weight excluding hydrogens is 250 g/mol. The minimum atomic E-state index is 0.347. The van der Waals surface area contributed by atoms with Crippen molar-refractivity contribution in [1.29, 1.82) is 0 Å². The van der Waals surface area contributed by atoms with Gasteiger partial charge in [0, 0.05) is 43.9 Å². The molecule has 2 unspecified atom stereocenters. The monoisotopic (exact) mass is 277 g/mol. The van der Waals surface area contributed by atoms with E-state index in [9.17, 15) is 0 Å². The van der Waals surface area contributed by atoms with Crippen molar-refractivity contribution in [3.05, 3.63) is 23.9 Å². The summed E-state index contributed by atoms with van der Waals surface area (Å²) in [6, 6.07) is 4.57. The Bertz CT molecular complexity index is 410. The van der Waals surface area contributed by atoms with Gasteiger partial charge < -0.3 is 15.0 Å². The Balaban J connectivity index is 2.08. The molecule has 20 heavy (non-hydrogen) atoms. The summed E-state index contributed by atoms with van der Waals surface area (Å²) in [5.74, 6) is 1.77. The van der Waals surface area contributed by atoms with Gasteiger partial charge in [0.2, 0.25) is 0 Å². The zero-order chi connectivity index (χ0) is 14.4. The molecule has 1 aromatic heterocycles. The number of rotatable bonds is 7. The second kappa shape index (κ2) is 7.60. The van der Waals surface area contributed by atoms with Crippen LogP contribution in [0.5, 0.6) is 0 Å². The summed E-state index contributed by atoms with van der Waals surface area (Å²) < 4.78 is 5.28. The van der Waals surface area contributed by atoms with E-state index in [0.717, 1.165) is 38.5 Å². The van der Waals surface area contributed by atoms with Crippen molar-refractivity contribution >= 4 is 5.82 Å². The van der Waals surface area contributed by atoms with Crippen LogP contribution in [-0.2, 0) is 4.74 Å². The van der Waals surface area contributed by atoms with E-state index < -0.39 is 0 Å². The lowest BCUT2D eigenvalue weighted by Gasteiger charge is -2.24. The highest BCUT2D eigenvalue weighted by Gasteiger charge is 2.25. The van der Waals surface area contributed by atoms with Crippen LogP contribution in [-0.4, -0.2) is 38.3 Å². The number of aromatic nitrogens is 1. The quantitative estimate of drug-likeness (QED) is 0.831. The van der Waals surface area contributed by atoms with Crippen molar-refractivity contribution in [2.45, 2.75) is 32.7 Å². The molecule has 0 radical (unpaired) electrons. The maximum Gasteiger partial charge on any atom is 0.133 e. The van der Waals surface area contributed by atoms with E-state index in [2.05, 4.69) is 35.1 Å². The molecule has 0 saturated carbocycles. The second-order valence-corrected chi connectivity index (χ2v) is 5.65. The Morgan fingerprint density at radius 1 is 1.55 bits per heavy atom. The molecular formula is C16H27N3O. The van der Waals surface area contributed by atoms with Crippen molar-refractivity contribution in [3.8, 4) is 0 Å². The van der Waals surface area contributed by atoms with Gasteiger partial charge in [-0.15, -0.1) is 0 Å². The highest BCUT2D eigenvalue weighted by Crippen LogP contribution is 2.28. The molecule has 1 fully saturated rings. The zero-order valence-electron chi connectivity index (χ0n) is 12.9. The van der Waals surface area contributed by atoms with E-state index in [-0.39, 0.29) is 0 Å². The van der Waals surface area contributed by atoms with Gasteiger partial charge in [-0.1, -0.05) is 13.0 Å². The van der Waals surface area contributed by atoms with Crippen LogP contribution >= 0.6 is 0 Å². The first-order valence-corrected chi connectivity index (χ1v) is 7.68. The van der Waals surface area contributed by atoms with Gasteiger partial charge in [-0.25, -0.2) is 4.98 Å². The van der Waals surface area contributed by atoms with Gasteiger partial charge in [0.05, 0.1) is 6.61 Å². The van der Waals surface area contributed by atoms with Crippen LogP contribution in [0.1, 0.15) is 38.3 Å². The Morgan fingerprint density at radius 3 is 3.15 bits per heavy atom. The molecule has 0 aromatic carbocycles. The summed E-state index contributed by atoms with van der Waals surface area (Å²) in [5.41, 5.74) is 1.30. The van der Waals surface area contributed by atoms with Gasteiger partial charge in [-0.3, -0.25) is 0 Å². The molecule has 0 spiro atoms. The van der Waals surface area contributed by atoms with Crippen LogP contribution in [0.25, 0.3) is 0 Å². The number of methoxy groups -OCH3 is 1. The maximum absolute atomic E-state index is 5.28. The summed E-state index contributed by atoms with van der Waals surface area (Å²) in [7, 11) is 1.78. The van der Waals surface area contributed by atoms with Crippen LogP contribution in [0.2, 0.25) is 0 Å². The largest absolute Gasteiger partial charge is 0.384 e. The van der Waals surface area contributed by atoms with Crippen LogP contribution in [0, 0.1) is 5.92 Å². The number of hydrogen-bond acceptors (Lipinski definition) is 4. The van der Waals surface area contributed by atoms with Gasteiger partial charge >= 0.3 is 0 Å². The molecule has 1 N–H and O–H groups in total. The lowest BCUT2D eigenvalue weighted by Crippen LogP contribution is -2.26. The molecule has 4 nitrogen and oxygen atoms in total. The van der Waals surface area contributed by atoms with Gasteiger partial charge in [-0.05, 0) is 32.4 Å². The third kappa shape index (κ3) is 3.70. The first kappa shape index (κ1) is 15.3. The Kier molecular flexibility index (Phi) is 5.80. The molecule has 0 amide bonds. The van der Waals surface area contributed by atoms with Crippen molar-refractivity contribution in [1.82, 2.24) is 10.3 Å². The molecule has 2 rings (SSSR count). The third-order valence-corrected chi connectivity index (χ3v) is 3.97. The molecule has 1 aliphatic rings. The maximum atomic E-state index is 5.28. The molecule has 112 valence electrons. The van der Waals surface area contributed by atoms with Crippen molar-refractivity contribution in [2.75, 3.05) is 38.3 Å². The molecule has 1 aromatic rings. The van der Waals surface area contributed by atoms with Gasteiger partial charge in [0.15, 0.2) is 0 Å². The summed E-state index contributed by atoms with van der Waals surface area (Å²) >= 11 is 0. The third-order valence-electron chi connectivity index (χ3n) is 3.97. The summed E-state index contributed by atoms with van der Waals surface area (Å²) in [6.45, 7) is 8.44. The van der Waals surface area contributed by atoms with Crippen LogP contribution in [0.15, 0.2) is 18.3 Å². The molecule has 1 aliphatic heterocycles. The van der Waals surface area contributed by atoms with E-state index in [1.165, 1.54) is 12.0 Å². The lowest BCUT2D eigenvalue weighted by molar-refractivity contribution is 0.161. The molecule has 0 bridgehead atoms. The highest BCUT2D eigenvalue weighted by molar-refractivity contribution is 5.49. The summed E-state index contributed by atoms with van der Waals surface area (Å²) in [4.78, 5) is 7.04. The predicted octanol–water partition coefficient (Wildman–Crippen LogP) is 2.61. The summed E-state index contributed by atoms with van der Waals surface area (Å²) in [6.07, 6.45) is 4.25. The van der Waals surface area contributed by atoms with Gasteiger partial charge in [-0.2, -0.15) is 0 Å². The highest BCUT2D eigenvalue weighted by atomic mass is 16.5. The molecule has 2 heterocycles. The van der Waals surface area contributed by atoms with Gasteiger partial charge in [0.1, 0.15) is 5.82 Å². The van der Waals surface area contributed by atoms with Crippen molar-refractivity contribution in [3.63, 3.8) is 0 Å². The number of nitrogens with one attached hydrogen (secondary N) is 1. The fourth-order valence-electron chi connectivity index (χ4n) is 2.88. The lowest BCUT2D eigenvalue weighted by atomic mass is 10.1. The molecule has 2 atom stereocenters. The van der Waals surface area contributed by atoms with E-state index in [1.54, 1.807) is 7.11 Å². The normalized spacial score (nSPS) is 20.4. The van der Waals surface area contributed by atoms with E-state index >= 15 is 0 Å². The zero-order valence-corrected chi connectivity index (χ0v) is 12.9. The van der Waals surface area contributed by atoms with Crippen LogP contribution in [0.4, 0.5) is 5.82 Å². The first-order chi connectivity index (χ1) is 9.76. The van der Waals surface area contributed by atoms with Crippen molar-refractivity contribution in [2.24, 2.45) is 5.92 Å². The number of ether oxygens (including phenoxy) is 1. The number of nitrogens with zero attached hydrogens (tertiary/aromatic N) is 2. The van der Waals surface area contributed by atoms with Gasteiger partial charge in [0.25, 0.3) is 0 Å². The average Bonchev–Trinajstić information content (AvgIpc) is 2.93. The fourth-order valence-corrected chi connectivity index (χ4v) is 2.88. The Labute approximate surface area is 122 Å².